The molecule has 2 aromatic heterocycles. The van der Waals surface area contributed by atoms with Crippen LogP contribution in [0.3, 0.4) is 0 Å². The van der Waals surface area contributed by atoms with Crippen LogP contribution < -0.4 is 5.43 Å². The van der Waals surface area contributed by atoms with E-state index in [1.807, 2.05) is 28.9 Å². The molecule has 104 valence electrons. The van der Waals surface area contributed by atoms with E-state index in [9.17, 15) is 4.79 Å². The molecule has 20 heavy (non-hydrogen) atoms. The van der Waals surface area contributed by atoms with Crippen LogP contribution in [0, 0.1) is 0 Å². The Morgan fingerprint density at radius 1 is 1.30 bits per heavy atom. The van der Waals surface area contributed by atoms with E-state index < -0.39 is 0 Å². The van der Waals surface area contributed by atoms with Crippen molar-refractivity contribution in [3.8, 4) is 0 Å². The second-order valence-electron chi connectivity index (χ2n) is 5.94. The van der Waals surface area contributed by atoms with Crippen LogP contribution in [0.1, 0.15) is 36.0 Å². The predicted molar refractivity (Wildman–Crippen MR) is 74.9 cm³/mol. The topological polar surface area (TPSA) is 46.4 Å². The first-order valence-electron chi connectivity index (χ1n) is 7.40. The van der Waals surface area contributed by atoms with Crippen molar-refractivity contribution in [2.75, 3.05) is 13.1 Å². The van der Waals surface area contributed by atoms with E-state index in [1.54, 1.807) is 6.20 Å². The van der Waals surface area contributed by atoms with E-state index in [0.29, 0.717) is 11.6 Å². The summed E-state index contributed by atoms with van der Waals surface area (Å²) < 4.78 is 2.68. The van der Waals surface area contributed by atoms with Crippen molar-refractivity contribution in [1.29, 1.82) is 0 Å². The van der Waals surface area contributed by atoms with Gasteiger partial charge in [0.1, 0.15) is 24.8 Å². The Kier molecular flexibility index (Phi) is 2.57. The minimum Gasteiger partial charge on any atom is -0.306 e. The number of aromatic nitrogens is 2. The van der Waals surface area contributed by atoms with Crippen LogP contribution in [-0.2, 0) is 0 Å². The molecule has 0 unspecified atom stereocenters. The van der Waals surface area contributed by atoms with Crippen LogP contribution in [0.2, 0.25) is 0 Å². The van der Waals surface area contributed by atoms with Gasteiger partial charge in [-0.15, -0.1) is 0 Å². The number of pyridine rings is 1. The first-order valence-corrected chi connectivity index (χ1v) is 7.40. The Labute approximate surface area is 117 Å². The summed E-state index contributed by atoms with van der Waals surface area (Å²) >= 11 is 0. The number of amides is 1. The lowest BCUT2D eigenvalue weighted by atomic mass is 10.2. The zero-order chi connectivity index (χ0) is 13.6. The molecule has 2 aliphatic rings. The van der Waals surface area contributed by atoms with Crippen LogP contribution in [0.4, 0.5) is 0 Å². The molecular formula is C15H19N4O+. The Hall–Kier alpha value is -1.88. The number of carbonyl (C=O) groups is 1. The van der Waals surface area contributed by atoms with Crippen LogP contribution in [-0.4, -0.2) is 39.0 Å². The minimum absolute atomic E-state index is 0.00981. The van der Waals surface area contributed by atoms with Gasteiger partial charge in [0.2, 0.25) is 0 Å². The summed E-state index contributed by atoms with van der Waals surface area (Å²) in [7, 11) is 0. The number of imidazole rings is 1. The fourth-order valence-electron chi connectivity index (χ4n) is 3.92. The van der Waals surface area contributed by atoms with E-state index >= 15 is 0 Å². The summed E-state index contributed by atoms with van der Waals surface area (Å²) in [5.74, 6) is 0.00981. The second-order valence-corrected chi connectivity index (χ2v) is 5.94. The van der Waals surface area contributed by atoms with Gasteiger partial charge >= 0.3 is 0 Å². The first-order chi connectivity index (χ1) is 9.78. The fraction of sp³-hybridized carbons (Fsp3) is 0.467. The molecule has 4 rings (SSSR count). The zero-order valence-electron chi connectivity index (χ0n) is 11.5. The van der Waals surface area contributed by atoms with Gasteiger partial charge < -0.3 is 4.40 Å². The molecule has 2 aromatic rings. The summed E-state index contributed by atoms with van der Waals surface area (Å²) in [6.07, 6.45) is 10.4. The van der Waals surface area contributed by atoms with E-state index in [0.717, 1.165) is 23.3 Å². The highest BCUT2D eigenvalue weighted by Gasteiger charge is 2.47. The second kappa shape index (κ2) is 4.31. The number of nitrogens with one attached hydrogen (secondary N) is 1. The number of hydrogen-bond acceptors (Lipinski definition) is 2. The van der Waals surface area contributed by atoms with Crippen molar-refractivity contribution in [3.63, 3.8) is 0 Å². The molecule has 0 aromatic carbocycles. The molecule has 0 radical (unpaired) electrons. The smallest absolute Gasteiger partial charge is 0.299 e. The van der Waals surface area contributed by atoms with Crippen LogP contribution in [0.25, 0.3) is 5.65 Å². The van der Waals surface area contributed by atoms with Gasteiger partial charge in [-0.1, -0.05) is 0 Å². The minimum atomic E-state index is 0.00981. The summed E-state index contributed by atoms with van der Waals surface area (Å²) in [6, 6.07) is 4.38. The largest absolute Gasteiger partial charge is 0.306 e. The molecule has 0 atom stereocenters. The average Bonchev–Trinajstić information content (AvgIpc) is 3.10. The lowest BCUT2D eigenvalue weighted by Gasteiger charge is -2.33. The van der Waals surface area contributed by atoms with E-state index in [1.165, 1.54) is 25.7 Å². The summed E-state index contributed by atoms with van der Waals surface area (Å²) in [4.78, 5) is 17.0. The molecule has 0 saturated carbocycles. The predicted octanol–water partition coefficient (Wildman–Crippen LogP) is 1.75. The average molecular weight is 271 g/mol. The summed E-state index contributed by atoms with van der Waals surface area (Å²) in [5.41, 5.74) is 4.70. The number of quaternary nitrogens is 1. The Morgan fingerprint density at radius 3 is 2.90 bits per heavy atom. The maximum atomic E-state index is 12.7. The van der Waals surface area contributed by atoms with Gasteiger partial charge in [-0.3, -0.25) is 4.79 Å². The van der Waals surface area contributed by atoms with Crippen LogP contribution in [0.15, 0.2) is 30.7 Å². The van der Waals surface area contributed by atoms with Crippen LogP contribution in [0.5, 0.6) is 0 Å². The summed E-state index contributed by atoms with van der Waals surface area (Å²) in [6.45, 7) is 2.15. The monoisotopic (exact) mass is 271 g/mol. The van der Waals surface area contributed by atoms with Gasteiger partial charge in [-0.05, 0) is 12.1 Å². The highest BCUT2D eigenvalue weighted by molar-refractivity contribution is 5.99. The third-order valence-corrected chi connectivity index (χ3v) is 4.88. The van der Waals surface area contributed by atoms with Crippen molar-refractivity contribution in [2.45, 2.75) is 31.7 Å². The van der Waals surface area contributed by atoms with Gasteiger partial charge in [0.25, 0.3) is 5.91 Å². The molecule has 5 heteroatoms. The zero-order valence-corrected chi connectivity index (χ0v) is 11.5. The molecule has 5 nitrogen and oxygen atoms in total. The van der Waals surface area contributed by atoms with Gasteiger partial charge in [0, 0.05) is 44.3 Å². The third kappa shape index (κ3) is 1.66. The SMILES string of the molecule is O=C(N[N+]12CCCC1CCC2)c1cccn2ccnc12. The van der Waals surface area contributed by atoms with Gasteiger partial charge in [-0.25, -0.2) is 9.58 Å². The lowest BCUT2D eigenvalue weighted by Crippen LogP contribution is -2.60. The molecule has 2 aliphatic heterocycles. The van der Waals surface area contributed by atoms with Gasteiger partial charge in [0.05, 0.1) is 5.56 Å². The Bertz CT molecular complexity index is 653. The molecule has 2 saturated heterocycles. The number of hydrogen-bond donors (Lipinski definition) is 1. The van der Waals surface area contributed by atoms with E-state index in [2.05, 4.69) is 10.4 Å². The Balaban J connectivity index is 1.66. The highest BCUT2D eigenvalue weighted by atomic mass is 16.2. The summed E-state index contributed by atoms with van der Waals surface area (Å²) in [5, 5.41) is 0. The lowest BCUT2D eigenvalue weighted by molar-refractivity contribution is -0.960. The number of nitrogens with zero attached hydrogens (tertiary/aromatic N) is 3. The molecule has 1 N–H and O–H groups in total. The standard InChI is InChI=1S/C15H18N4O/c20-15(13-6-1-8-18-9-7-16-14(13)18)17-19-10-2-4-12(19)5-3-11-19/h1,6-9,12H,2-5,10-11H2/p+1. The third-order valence-electron chi connectivity index (χ3n) is 4.88. The quantitative estimate of drug-likeness (QED) is 0.846. The molecule has 4 heterocycles. The number of carbonyl (C=O) groups excluding carboxylic acids is 1. The molecule has 0 aliphatic carbocycles. The number of rotatable bonds is 2. The van der Waals surface area contributed by atoms with Crippen molar-refractivity contribution in [3.05, 3.63) is 36.3 Å². The van der Waals surface area contributed by atoms with Crippen molar-refractivity contribution >= 4 is 11.6 Å². The maximum absolute atomic E-state index is 12.7. The Morgan fingerprint density at radius 2 is 2.10 bits per heavy atom. The van der Waals surface area contributed by atoms with Gasteiger partial charge in [0.15, 0.2) is 0 Å². The van der Waals surface area contributed by atoms with Crippen molar-refractivity contribution in [2.24, 2.45) is 0 Å². The first kappa shape index (κ1) is 11.9. The molecule has 0 bridgehead atoms. The van der Waals surface area contributed by atoms with E-state index in [-0.39, 0.29) is 5.91 Å². The molecule has 1 amide bonds. The number of fused-ring (bicyclic) bond motifs is 2. The van der Waals surface area contributed by atoms with Gasteiger partial charge in [-0.2, -0.15) is 5.43 Å². The molecule has 0 spiro atoms. The molecular weight excluding hydrogens is 252 g/mol. The van der Waals surface area contributed by atoms with E-state index in [4.69, 9.17) is 0 Å². The van der Waals surface area contributed by atoms with Crippen molar-refractivity contribution in [1.82, 2.24) is 14.8 Å². The maximum Gasteiger partial charge on any atom is 0.299 e. The fourth-order valence-corrected chi connectivity index (χ4v) is 3.92. The van der Waals surface area contributed by atoms with Crippen LogP contribution >= 0.6 is 0 Å². The molecule has 2 fully saturated rings. The van der Waals surface area contributed by atoms with Crippen molar-refractivity contribution < 1.29 is 9.39 Å². The normalized spacial score (nSPS) is 28.7. The highest BCUT2D eigenvalue weighted by Crippen LogP contribution is 2.34.